The molecule has 2 rings (SSSR count). The van der Waals surface area contributed by atoms with Crippen molar-refractivity contribution in [1.82, 2.24) is 20.4 Å². The molecule has 2 N–H and O–H groups in total. The standard InChI is InChI=1S/C21H36FN5O.HI/c1-4-23-21(24-11-12-26(5-2)6-3)25-17-20(27-13-15-28-16-14-27)18-7-9-19(22)10-8-18;/h7-10,20H,4-6,11-17H2,1-3H3,(H2,23,24,25);1H. The van der Waals surface area contributed by atoms with Crippen LogP contribution in [-0.4, -0.2) is 81.3 Å². The number of hydrogen-bond acceptors (Lipinski definition) is 4. The third kappa shape index (κ3) is 9.15. The molecule has 0 amide bonds. The van der Waals surface area contributed by atoms with Crippen molar-refractivity contribution in [2.24, 2.45) is 4.99 Å². The van der Waals surface area contributed by atoms with Crippen LogP contribution in [0.4, 0.5) is 4.39 Å². The molecule has 0 aliphatic carbocycles. The van der Waals surface area contributed by atoms with Gasteiger partial charge in [0.05, 0.1) is 25.8 Å². The molecule has 0 saturated carbocycles. The van der Waals surface area contributed by atoms with Gasteiger partial charge in [-0.3, -0.25) is 9.89 Å². The number of ether oxygens (including phenoxy) is 1. The maximum absolute atomic E-state index is 13.4. The summed E-state index contributed by atoms with van der Waals surface area (Å²) in [6, 6.07) is 6.90. The third-order valence-corrected chi connectivity index (χ3v) is 5.12. The number of nitrogens with one attached hydrogen (secondary N) is 2. The first-order valence-corrected chi connectivity index (χ1v) is 10.5. The van der Waals surface area contributed by atoms with Crippen LogP contribution in [0, 0.1) is 5.82 Å². The Balaban J connectivity index is 0.00000420. The van der Waals surface area contributed by atoms with Gasteiger partial charge in [0.1, 0.15) is 5.82 Å². The third-order valence-electron chi connectivity index (χ3n) is 5.12. The summed E-state index contributed by atoms with van der Waals surface area (Å²) in [6.07, 6.45) is 0. The van der Waals surface area contributed by atoms with E-state index in [1.54, 1.807) is 0 Å². The molecule has 1 saturated heterocycles. The zero-order valence-electron chi connectivity index (χ0n) is 18.0. The quantitative estimate of drug-likeness (QED) is 0.282. The maximum Gasteiger partial charge on any atom is 0.191 e. The molecule has 0 bridgehead atoms. The van der Waals surface area contributed by atoms with E-state index in [1.165, 1.54) is 12.1 Å². The van der Waals surface area contributed by atoms with Crippen LogP contribution in [0.2, 0.25) is 0 Å². The van der Waals surface area contributed by atoms with Crippen molar-refractivity contribution >= 4 is 29.9 Å². The van der Waals surface area contributed by atoms with E-state index in [0.29, 0.717) is 6.54 Å². The van der Waals surface area contributed by atoms with Gasteiger partial charge in [-0.1, -0.05) is 26.0 Å². The second-order valence-electron chi connectivity index (χ2n) is 6.89. The number of morpholine rings is 1. The SMILES string of the molecule is CCNC(=NCC(c1ccc(F)cc1)N1CCOCC1)NCCN(CC)CC.I. The number of rotatable bonds is 10. The lowest BCUT2D eigenvalue weighted by atomic mass is 10.0. The van der Waals surface area contributed by atoms with Crippen LogP contribution in [0.3, 0.4) is 0 Å². The van der Waals surface area contributed by atoms with E-state index in [2.05, 4.69) is 41.2 Å². The van der Waals surface area contributed by atoms with Gasteiger partial charge in [0.15, 0.2) is 5.96 Å². The monoisotopic (exact) mass is 521 g/mol. The second-order valence-corrected chi connectivity index (χ2v) is 6.89. The lowest BCUT2D eigenvalue weighted by Gasteiger charge is -2.34. The molecule has 0 aromatic heterocycles. The normalized spacial score (nSPS) is 16.4. The first-order chi connectivity index (χ1) is 13.7. The predicted molar refractivity (Wildman–Crippen MR) is 129 cm³/mol. The van der Waals surface area contributed by atoms with Crippen LogP contribution >= 0.6 is 24.0 Å². The number of nitrogens with zero attached hydrogens (tertiary/aromatic N) is 3. The molecule has 1 unspecified atom stereocenters. The van der Waals surface area contributed by atoms with Crippen molar-refractivity contribution in [2.75, 3.05) is 65.6 Å². The summed E-state index contributed by atoms with van der Waals surface area (Å²) >= 11 is 0. The predicted octanol–water partition coefficient (Wildman–Crippen LogP) is 2.71. The van der Waals surface area contributed by atoms with Crippen molar-refractivity contribution in [3.63, 3.8) is 0 Å². The van der Waals surface area contributed by atoms with Gasteiger partial charge in [-0.15, -0.1) is 24.0 Å². The number of hydrogen-bond donors (Lipinski definition) is 2. The summed E-state index contributed by atoms with van der Waals surface area (Å²) in [5, 5.41) is 6.76. The van der Waals surface area contributed by atoms with Crippen molar-refractivity contribution < 1.29 is 9.13 Å². The zero-order valence-corrected chi connectivity index (χ0v) is 20.3. The van der Waals surface area contributed by atoms with Gasteiger partial charge in [0.2, 0.25) is 0 Å². The van der Waals surface area contributed by atoms with Crippen LogP contribution in [-0.2, 0) is 4.74 Å². The van der Waals surface area contributed by atoms with E-state index in [9.17, 15) is 4.39 Å². The van der Waals surface area contributed by atoms with E-state index in [-0.39, 0.29) is 35.8 Å². The Morgan fingerprint density at radius 2 is 1.79 bits per heavy atom. The number of aliphatic imine (C=N–C) groups is 1. The molecule has 166 valence electrons. The van der Waals surface area contributed by atoms with Gasteiger partial charge in [0.25, 0.3) is 0 Å². The van der Waals surface area contributed by atoms with E-state index >= 15 is 0 Å². The Morgan fingerprint density at radius 3 is 2.38 bits per heavy atom. The van der Waals surface area contributed by atoms with Crippen molar-refractivity contribution in [3.8, 4) is 0 Å². The molecule has 8 heteroatoms. The Hall–Kier alpha value is -0.970. The fourth-order valence-corrected chi connectivity index (χ4v) is 3.40. The van der Waals surface area contributed by atoms with Crippen molar-refractivity contribution in [1.29, 1.82) is 0 Å². The molecule has 6 nitrogen and oxygen atoms in total. The van der Waals surface area contributed by atoms with Gasteiger partial charge in [-0.05, 0) is 37.7 Å². The summed E-state index contributed by atoms with van der Waals surface area (Å²) in [5.74, 6) is 0.620. The van der Waals surface area contributed by atoms with Crippen LogP contribution < -0.4 is 10.6 Å². The summed E-state index contributed by atoms with van der Waals surface area (Å²) < 4.78 is 18.9. The lowest BCUT2D eigenvalue weighted by molar-refractivity contribution is 0.0179. The fraction of sp³-hybridized carbons (Fsp3) is 0.667. The highest BCUT2D eigenvalue weighted by Gasteiger charge is 2.22. The van der Waals surface area contributed by atoms with Gasteiger partial charge in [-0.2, -0.15) is 0 Å². The van der Waals surface area contributed by atoms with Crippen LogP contribution in [0.15, 0.2) is 29.3 Å². The van der Waals surface area contributed by atoms with E-state index in [1.807, 2.05) is 12.1 Å². The average molecular weight is 521 g/mol. The molecular formula is C21H37FIN5O. The zero-order chi connectivity index (χ0) is 20.2. The smallest absolute Gasteiger partial charge is 0.191 e. The molecule has 1 aliphatic rings. The Labute approximate surface area is 192 Å². The van der Waals surface area contributed by atoms with E-state index in [0.717, 1.165) is 70.6 Å². The summed E-state index contributed by atoms with van der Waals surface area (Å²) in [4.78, 5) is 9.59. The van der Waals surface area contributed by atoms with E-state index in [4.69, 9.17) is 9.73 Å². The largest absolute Gasteiger partial charge is 0.379 e. The summed E-state index contributed by atoms with van der Waals surface area (Å²) in [6.45, 7) is 15.0. The minimum Gasteiger partial charge on any atom is -0.379 e. The molecule has 1 atom stereocenters. The fourth-order valence-electron chi connectivity index (χ4n) is 3.40. The van der Waals surface area contributed by atoms with Crippen LogP contribution in [0.1, 0.15) is 32.4 Å². The average Bonchev–Trinajstić information content (AvgIpc) is 2.73. The minimum absolute atomic E-state index is 0. The summed E-state index contributed by atoms with van der Waals surface area (Å²) in [5.41, 5.74) is 1.09. The summed E-state index contributed by atoms with van der Waals surface area (Å²) in [7, 11) is 0. The Bertz CT molecular complexity index is 577. The highest BCUT2D eigenvalue weighted by molar-refractivity contribution is 14.0. The maximum atomic E-state index is 13.4. The van der Waals surface area contributed by atoms with Gasteiger partial charge in [-0.25, -0.2) is 4.39 Å². The highest BCUT2D eigenvalue weighted by atomic mass is 127. The minimum atomic E-state index is -0.209. The second kappa shape index (κ2) is 14.9. The van der Waals surface area contributed by atoms with Crippen molar-refractivity contribution in [3.05, 3.63) is 35.6 Å². The lowest BCUT2D eigenvalue weighted by Crippen LogP contribution is -2.43. The number of guanidine groups is 1. The molecule has 29 heavy (non-hydrogen) atoms. The Morgan fingerprint density at radius 1 is 1.14 bits per heavy atom. The molecule has 1 heterocycles. The topological polar surface area (TPSA) is 52.1 Å². The van der Waals surface area contributed by atoms with Crippen molar-refractivity contribution in [2.45, 2.75) is 26.8 Å². The molecular weight excluding hydrogens is 484 g/mol. The molecule has 1 fully saturated rings. The number of benzene rings is 1. The Kier molecular flexibility index (Phi) is 13.4. The molecule has 1 aromatic rings. The van der Waals surface area contributed by atoms with Crippen LogP contribution in [0.5, 0.6) is 0 Å². The molecule has 1 aromatic carbocycles. The first-order valence-electron chi connectivity index (χ1n) is 10.5. The first kappa shape index (κ1) is 26.1. The van der Waals surface area contributed by atoms with Gasteiger partial charge < -0.3 is 20.3 Å². The molecule has 0 radical (unpaired) electrons. The number of likely N-dealkylation sites (N-methyl/N-ethyl adjacent to an activating group) is 1. The molecule has 0 spiro atoms. The van der Waals surface area contributed by atoms with E-state index < -0.39 is 0 Å². The van der Waals surface area contributed by atoms with Crippen LogP contribution in [0.25, 0.3) is 0 Å². The van der Waals surface area contributed by atoms with Gasteiger partial charge in [0, 0.05) is 32.7 Å². The highest BCUT2D eigenvalue weighted by Crippen LogP contribution is 2.22. The number of halogens is 2. The van der Waals surface area contributed by atoms with Gasteiger partial charge >= 0.3 is 0 Å². The molecule has 1 aliphatic heterocycles.